The third-order valence-electron chi connectivity index (χ3n) is 3.38. The summed E-state index contributed by atoms with van der Waals surface area (Å²) in [6.07, 6.45) is 2.27. The number of hydrogen-bond donors (Lipinski definition) is 1. The lowest BCUT2D eigenvalue weighted by molar-refractivity contribution is 0.675. The standard InChI is InChI=1S/C18H23N/c1-3-12-19-14-16-8-10-17(11-9-16)18-7-5-6-15(4-2)13-18/h5-11,13,19H,3-4,12,14H2,1-2H3. The molecule has 0 spiro atoms. The van der Waals surface area contributed by atoms with Gasteiger partial charge in [-0.3, -0.25) is 0 Å². The van der Waals surface area contributed by atoms with E-state index in [2.05, 4.69) is 67.7 Å². The van der Waals surface area contributed by atoms with Crippen LogP contribution in [0.5, 0.6) is 0 Å². The summed E-state index contributed by atoms with van der Waals surface area (Å²) in [5.41, 5.74) is 5.36. The molecule has 19 heavy (non-hydrogen) atoms. The van der Waals surface area contributed by atoms with Crippen molar-refractivity contribution >= 4 is 0 Å². The van der Waals surface area contributed by atoms with Crippen LogP contribution >= 0.6 is 0 Å². The minimum atomic E-state index is 0.961. The molecule has 0 aliphatic rings. The van der Waals surface area contributed by atoms with Crippen LogP contribution in [0.2, 0.25) is 0 Å². The number of hydrogen-bond acceptors (Lipinski definition) is 1. The van der Waals surface area contributed by atoms with E-state index in [-0.39, 0.29) is 0 Å². The van der Waals surface area contributed by atoms with E-state index >= 15 is 0 Å². The highest BCUT2D eigenvalue weighted by Gasteiger charge is 1.99. The Labute approximate surface area is 116 Å². The second-order valence-electron chi connectivity index (χ2n) is 4.93. The molecule has 0 atom stereocenters. The summed E-state index contributed by atoms with van der Waals surface area (Å²) < 4.78 is 0. The molecule has 0 bridgehead atoms. The van der Waals surface area contributed by atoms with Crippen LogP contribution in [0.4, 0.5) is 0 Å². The fraction of sp³-hybridized carbons (Fsp3) is 0.333. The molecule has 0 saturated heterocycles. The minimum Gasteiger partial charge on any atom is -0.313 e. The molecule has 1 heteroatoms. The van der Waals surface area contributed by atoms with Gasteiger partial charge in [-0.2, -0.15) is 0 Å². The molecule has 0 heterocycles. The second-order valence-corrected chi connectivity index (χ2v) is 4.93. The van der Waals surface area contributed by atoms with Gasteiger partial charge in [0, 0.05) is 6.54 Å². The van der Waals surface area contributed by atoms with Gasteiger partial charge in [-0.1, -0.05) is 62.4 Å². The Kier molecular flexibility index (Phi) is 5.17. The molecule has 1 N–H and O–H groups in total. The van der Waals surface area contributed by atoms with Crippen molar-refractivity contribution in [1.29, 1.82) is 0 Å². The SMILES string of the molecule is CCCNCc1ccc(-c2cccc(CC)c2)cc1. The number of rotatable bonds is 6. The van der Waals surface area contributed by atoms with Crippen molar-refractivity contribution in [2.75, 3.05) is 6.54 Å². The van der Waals surface area contributed by atoms with Gasteiger partial charge in [-0.25, -0.2) is 0 Å². The largest absolute Gasteiger partial charge is 0.313 e. The first-order chi connectivity index (χ1) is 9.33. The Balaban J connectivity index is 2.08. The van der Waals surface area contributed by atoms with Gasteiger partial charge in [0.1, 0.15) is 0 Å². The average Bonchev–Trinajstić information content (AvgIpc) is 2.48. The maximum absolute atomic E-state index is 3.43. The first-order valence-electron chi connectivity index (χ1n) is 7.22. The number of aryl methyl sites for hydroxylation is 1. The van der Waals surface area contributed by atoms with E-state index in [0.29, 0.717) is 0 Å². The Hall–Kier alpha value is -1.60. The molecule has 2 rings (SSSR count). The maximum atomic E-state index is 3.43. The molecule has 0 aliphatic carbocycles. The summed E-state index contributed by atoms with van der Waals surface area (Å²) in [4.78, 5) is 0. The lowest BCUT2D eigenvalue weighted by Crippen LogP contribution is -2.13. The van der Waals surface area contributed by atoms with E-state index < -0.39 is 0 Å². The van der Waals surface area contributed by atoms with E-state index in [9.17, 15) is 0 Å². The molecule has 0 radical (unpaired) electrons. The van der Waals surface area contributed by atoms with Crippen LogP contribution in [0.1, 0.15) is 31.4 Å². The summed E-state index contributed by atoms with van der Waals surface area (Å²) >= 11 is 0. The fourth-order valence-corrected chi connectivity index (χ4v) is 2.20. The van der Waals surface area contributed by atoms with E-state index in [1.807, 2.05) is 0 Å². The van der Waals surface area contributed by atoms with Gasteiger partial charge in [0.2, 0.25) is 0 Å². The lowest BCUT2D eigenvalue weighted by atomic mass is 10.0. The summed E-state index contributed by atoms with van der Waals surface area (Å²) in [5.74, 6) is 0. The van der Waals surface area contributed by atoms with Gasteiger partial charge in [-0.05, 0) is 41.6 Å². The van der Waals surface area contributed by atoms with Gasteiger partial charge in [0.05, 0.1) is 0 Å². The molecule has 0 amide bonds. The average molecular weight is 253 g/mol. The van der Waals surface area contributed by atoms with Crippen molar-refractivity contribution in [2.45, 2.75) is 33.2 Å². The Morgan fingerprint density at radius 2 is 1.63 bits per heavy atom. The molecular weight excluding hydrogens is 230 g/mol. The van der Waals surface area contributed by atoms with Gasteiger partial charge >= 0.3 is 0 Å². The highest BCUT2D eigenvalue weighted by atomic mass is 14.8. The third-order valence-corrected chi connectivity index (χ3v) is 3.38. The van der Waals surface area contributed by atoms with Crippen molar-refractivity contribution < 1.29 is 0 Å². The van der Waals surface area contributed by atoms with Crippen LogP contribution in [0.25, 0.3) is 11.1 Å². The molecule has 0 saturated carbocycles. The Bertz CT molecular complexity index is 499. The Morgan fingerprint density at radius 3 is 2.32 bits per heavy atom. The van der Waals surface area contributed by atoms with E-state index in [4.69, 9.17) is 0 Å². The zero-order chi connectivity index (χ0) is 13.5. The molecule has 0 aromatic heterocycles. The lowest BCUT2D eigenvalue weighted by Gasteiger charge is -2.07. The first kappa shape index (κ1) is 13.8. The van der Waals surface area contributed by atoms with Crippen molar-refractivity contribution in [2.24, 2.45) is 0 Å². The number of nitrogens with one attached hydrogen (secondary N) is 1. The maximum Gasteiger partial charge on any atom is 0.0205 e. The van der Waals surface area contributed by atoms with Crippen LogP contribution in [0, 0.1) is 0 Å². The van der Waals surface area contributed by atoms with E-state index in [1.165, 1.54) is 28.7 Å². The van der Waals surface area contributed by atoms with Gasteiger partial charge in [-0.15, -0.1) is 0 Å². The van der Waals surface area contributed by atoms with E-state index in [1.54, 1.807) is 0 Å². The fourth-order valence-electron chi connectivity index (χ4n) is 2.20. The van der Waals surface area contributed by atoms with Crippen molar-refractivity contribution in [3.8, 4) is 11.1 Å². The zero-order valence-corrected chi connectivity index (χ0v) is 11.9. The molecule has 0 fully saturated rings. The molecule has 2 aromatic carbocycles. The molecular formula is C18H23N. The smallest absolute Gasteiger partial charge is 0.0205 e. The highest BCUT2D eigenvalue weighted by molar-refractivity contribution is 5.64. The summed E-state index contributed by atoms with van der Waals surface area (Å²) in [6, 6.07) is 17.7. The normalized spacial score (nSPS) is 10.6. The third kappa shape index (κ3) is 3.93. The first-order valence-corrected chi connectivity index (χ1v) is 7.22. The van der Waals surface area contributed by atoms with Gasteiger partial charge < -0.3 is 5.32 Å². The summed E-state index contributed by atoms with van der Waals surface area (Å²) in [5, 5.41) is 3.43. The van der Waals surface area contributed by atoms with Crippen LogP contribution in [0.3, 0.4) is 0 Å². The topological polar surface area (TPSA) is 12.0 Å². The summed E-state index contributed by atoms with van der Waals surface area (Å²) in [6.45, 7) is 6.43. The monoisotopic (exact) mass is 253 g/mol. The molecule has 1 nitrogen and oxygen atoms in total. The number of benzene rings is 2. The van der Waals surface area contributed by atoms with Gasteiger partial charge in [0.15, 0.2) is 0 Å². The van der Waals surface area contributed by atoms with Crippen molar-refractivity contribution in [3.05, 3.63) is 59.7 Å². The zero-order valence-electron chi connectivity index (χ0n) is 11.9. The predicted molar refractivity (Wildman–Crippen MR) is 83.3 cm³/mol. The molecule has 2 aromatic rings. The van der Waals surface area contributed by atoms with E-state index in [0.717, 1.165) is 19.5 Å². The highest BCUT2D eigenvalue weighted by Crippen LogP contribution is 2.21. The van der Waals surface area contributed by atoms with Gasteiger partial charge in [0.25, 0.3) is 0 Å². The quantitative estimate of drug-likeness (QED) is 0.752. The van der Waals surface area contributed by atoms with Crippen LogP contribution < -0.4 is 5.32 Å². The minimum absolute atomic E-state index is 0.961. The summed E-state index contributed by atoms with van der Waals surface area (Å²) in [7, 11) is 0. The van der Waals surface area contributed by atoms with Crippen LogP contribution in [-0.2, 0) is 13.0 Å². The molecule has 100 valence electrons. The second kappa shape index (κ2) is 7.10. The Morgan fingerprint density at radius 1 is 0.842 bits per heavy atom. The molecule has 0 unspecified atom stereocenters. The predicted octanol–water partition coefficient (Wildman–Crippen LogP) is 4.42. The van der Waals surface area contributed by atoms with Crippen LogP contribution in [-0.4, -0.2) is 6.54 Å². The van der Waals surface area contributed by atoms with Crippen LogP contribution in [0.15, 0.2) is 48.5 Å². The van der Waals surface area contributed by atoms with Crippen molar-refractivity contribution in [3.63, 3.8) is 0 Å². The molecule has 0 aliphatic heterocycles. The van der Waals surface area contributed by atoms with Crippen molar-refractivity contribution in [1.82, 2.24) is 5.32 Å².